The molecule has 2 heteroatoms. The van der Waals surface area contributed by atoms with Crippen molar-refractivity contribution in [2.24, 2.45) is 0 Å². The summed E-state index contributed by atoms with van der Waals surface area (Å²) in [5.74, 6) is 0. The van der Waals surface area contributed by atoms with E-state index in [-0.39, 0.29) is 0 Å². The first-order chi connectivity index (χ1) is 6.59. The number of nitrogens with one attached hydrogen (secondary N) is 1. The van der Waals surface area contributed by atoms with Crippen LogP contribution in [0.3, 0.4) is 0 Å². The van der Waals surface area contributed by atoms with Gasteiger partial charge in [-0.3, -0.25) is 0 Å². The second-order valence-electron chi connectivity index (χ2n) is 3.65. The molecule has 1 aromatic carbocycles. The second-order valence-corrected chi connectivity index (χ2v) is 3.65. The number of allylic oxidation sites excluding steroid dienone is 1. The van der Waals surface area contributed by atoms with Crippen LogP contribution >= 0.6 is 0 Å². The number of rotatable bonds is 1. The molecular weight excluding hydrogens is 174 g/mol. The Balaban J connectivity index is 2.45. The minimum absolute atomic E-state index is 0.744. The van der Waals surface area contributed by atoms with Crippen LogP contribution in [0.5, 0.6) is 0 Å². The van der Waals surface area contributed by atoms with E-state index in [0.717, 1.165) is 16.8 Å². The maximum Gasteiger partial charge on any atom is 0.159 e. The van der Waals surface area contributed by atoms with E-state index in [1.807, 2.05) is 36.4 Å². The van der Waals surface area contributed by atoms with Gasteiger partial charge in [0, 0.05) is 11.3 Å². The van der Waals surface area contributed by atoms with Gasteiger partial charge >= 0.3 is 0 Å². The zero-order chi connectivity index (χ0) is 10.2. The lowest BCUT2D eigenvalue weighted by Gasteiger charge is -2.22. The second kappa shape index (κ2) is 3.00. The number of hydrogen-bond acceptors (Lipinski definition) is 2. The third-order valence-electron chi connectivity index (χ3n) is 2.33. The number of hydrogen-bond donors (Lipinski definition) is 2. The van der Waals surface area contributed by atoms with Gasteiger partial charge < -0.3 is 10.4 Å². The quantitative estimate of drug-likeness (QED) is 0.703. The first-order valence-electron chi connectivity index (χ1n) is 4.57. The minimum Gasteiger partial charge on any atom is -0.367 e. The monoisotopic (exact) mass is 187 g/mol. The van der Waals surface area contributed by atoms with Gasteiger partial charge in [0.15, 0.2) is 5.72 Å². The summed E-state index contributed by atoms with van der Waals surface area (Å²) in [6, 6.07) is 9.80. The Bertz CT molecular complexity index is 390. The molecule has 0 aromatic heterocycles. The number of benzene rings is 1. The van der Waals surface area contributed by atoms with Gasteiger partial charge in [-0.2, -0.15) is 0 Å². The highest BCUT2D eigenvalue weighted by atomic mass is 16.3. The third kappa shape index (κ3) is 1.44. The maximum absolute atomic E-state index is 10.0. The van der Waals surface area contributed by atoms with Gasteiger partial charge in [0.1, 0.15) is 0 Å². The molecule has 14 heavy (non-hydrogen) atoms. The summed E-state index contributed by atoms with van der Waals surface area (Å²) in [7, 11) is 0. The Morgan fingerprint density at radius 3 is 2.43 bits per heavy atom. The molecule has 1 aliphatic heterocycles. The fourth-order valence-corrected chi connectivity index (χ4v) is 1.71. The van der Waals surface area contributed by atoms with Gasteiger partial charge in [0.2, 0.25) is 0 Å². The molecule has 0 radical (unpaired) electrons. The summed E-state index contributed by atoms with van der Waals surface area (Å²) in [6.07, 6.45) is 1.87. The Hall–Kier alpha value is -1.54. The molecule has 0 saturated carbocycles. The smallest absolute Gasteiger partial charge is 0.159 e. The lowest BCUT2D eigenvalue weighted by atomic mass is 9.99. The lowest BCUT2D eigenvalue weighted by Crippen LogP contribution is -2.37. The van der Waals surface area contributed by atoms with Crippen molar-refractivity contribution in [1.29, 1.82) is 0 Å². The van der Waals surface area contributed by atoms with Crippen LogP contribution in [-0.4, -0.2) is 10.8 Å². The van der Waals surface area contributed by atoms with Crippen molar-refractivity contribution in [3.8, 4) is 0 Å². The lowest BCUT2D eigenvalue weighted by molar-refractivity contribution is 0.104. The summed E-state index contributed by atoms with van der Waals surface area (Å²) in [6.45, 7) is 5.50. The molecule has 0 spiro atoms. The van der Waals surface area contributed by atoms with E-state index >= 15 is 0 Å². The summed E-state index contributed by atoms with van der Waals surface area (Å²) >= 11 is 0. The Kier molecular flexibility index (Phi) is 1.93. The normalized spacial score (nSPS) is 25.9. The van der Waals surface area contributed by atoms with Crippen molar-refractivity contribution in [1.82, 2.24) is 5.32 Å². The van der Waals surface area contributed by atoms with Gasteiger partial charge in [0.05, 0.1) is 0 Å². The van der Waals surface area contributed by atoms with Crippen LogP contribution in [0.2, 0.25) is 0 Å². The average molecular weight is 187 g/mol. The average Bonchev–Trinajstić information content (AvgIpc) is 2.41. The van der Waals surface area contributed by atoms with Crippen LogP contribution in [0.25, 0.3) is 5.57 Å². The van der Waals surface area contributed by atoms with E-state index in [4.69, 9.17) is 0 Å². The molecule has 0 saturated heterocycles. The molecular formula is C12H13NO. The van der Waals surface area contributed by atoms with Gasteiger partial charge in [-0.05, 0) is 18.6 Å². The largest absolute Gasteiger partial charge is 0.367 e. The molecule has 2 N–H and O–H groups in total. The van der Waals surface area contributed by atoms with Crippen LogP contribution in [0.15, 0.2) is 48.7 Å². The third-order valence-corrected chi connectivity index (χ3v) is 2.33. The van der Waals surface area contributed by atoms with E-state index in [1.54, 1.807) is 6.92 Å². The molecule has 2 rings (SSSR count). The van der Waals surface area contributed by atoms with Crippen LogP contribution in [0.1, 0.15) is 12.5 Å². The van der Waals surface area contributed by atoms with Crippen molar-refractivity contribution in [3.05, 3.63) is 54.2 Å². The highest BCUT2D eigenvalue weighted by Gasteiger charge is 2.31. The van der Waals surface area contributed by atoms with Gasteiger partial charge in [0.25, 0.3) is 0 Å². The molecule has 1 atom stereocenters. The van der Waals surface area contributed by atoms with Crippen LogP contribution in [0, 0.1) is 0 Å². The first kappa shape index (κ1) is 9.03. The molecule has 2 nitrogen and oxygen atoms in total. The fourth-order valence-electron chi connectivity index (χ4n) is 1.71. The topological polar surface area (TPSA) is 32.3 Å². The van der Waals surface area contributed by atoms with E-state index in [1.165, 1.54) is 0 Å². The SMILES string of the molecule is C=C1C=C(c2ccccc2)C(C)(O)N1. The van der Waals surface area contributed by atoms with Crippen molar-refractivity contribution >= 4 is 5.57 Å². The molecule has 0 aliphatic carbocycles. The standard InChI is InChI=1S/C12H13NO/c1-9-8-11(12(2,14)13-9)10-6-4-3-5-7-10/h3-8,13-14H,1H2,2H3. The Morgan fingerprint density at radius 2 is 1.93 bits per heavy atom. The van der Waals surface area contributed by atoms with Gasteiger partial charge in [-0.1, -0.05) is 36.9 Å². The van der Waals surface area contributed by atoms with E-state index < -0.39 is 5.72 Å². The van der Waals surface area contributed by atoms with Crippen molar-refractivity contribution in [3.63, 3.8) is 0 Å². The number of aliphatic hydroxyl groups is 1. The van der Waals surface area contributed by atoms with Gasteiger partial charge in [-0.25, -0.2) is 0 Å². The molecule has 1 aliphatic rings. The zero-order valence-corrected chi connectivity index (χ0v) is 8.12. The Labute approximate surface area is 83.6 Å². The summed E-state index contributed by atoms with van der Waals surface area (Å²) in [4.78, 5) is 0. The van der Waals surface area contributed by atoms with Gasteiger partial charge in [-0.15, -0.1) is 0 Å². The zero-order valence-electron chi connectivity index (χ0n) is 8.12. The van der Waals surface area contributed by atoms with E-state index in [2.05, 4.69) is 11.9 Å². The molecule has 0 bridgehead atoms. The highest BCUT2D eigenvalue weighted by molar-refractivity contribution is 5.76. The van der Waals surface area contributed by atoms with Crippen molar-refractivity contribution < 1.29 is 5.11 Å². The molecule has 1 aromatic rings. The summed E-state index contributed by atoms with van der Waals surface area (Å²) in [5.41, 5.74) is 1.62. The minimum atomic E-state index is -1.00. The highest BCUT2D eigenvalue weighted by Crippen LogP contribution is 2.31. The summed E-state index contributed by atoms with van der Waals surface area (Å²) < 4.78 is 0. The van der Waals surface area contributed by atoms with Crippen molar-refractivity contribution in [2.75, 3.05) is 0 Å². The van der Waals surface area contributed by atoms with Crippen LogP contribution in [0.4, 0.5) is 0 Å². The fraction of sp³-hybridized carbons (Fsp3) is 0.167. The molecule has 72 valence electrons. The Morgan fingerprint density at radius 1 is 1.29 bits per heavy atom. The molecule has 0 amide bonds. The first-order valence-corrected chi connectivity index (χ1v) is 4.57. The predicted octanol–water partition coefficient (Wildman–Crippen LogP) is 1.90. The van der Waals surface area contributed by atoms with Crippen LogP contribution in [-0.2, 0) is 0 Å². The summed E-state index contributed by atoms with van der Waals surface area (Å²) in [5, 5.41) is 12.9. The molecule has 0 fully saturated rings. The van der Waals surface area contributed by atoms with E-state index in [9.17, 15) is 5.11 Å². The molecule has 1 unspecified atom stereocenters. The molecule has 1 heterocycles. The van der Waals surface area contributed by atoms with Crippen LogP contribution < -0.4 is 5.32 Å². The predicted molar refractivity (Wildman–Crippen MR) is 57.3 cm³/mol. The van der Waals surface area contributed by atoms with Crippen molar-refractivity contribution in [2.45, 2.75) is 12.6 Å². The van der Waals surface area contributed by atoms with E-state index in [0.29, 0.717) is 0 Å². The maximum atomic E-state index is 10.0.